The fraction of sp³-hybridized carbons (Fsp3) is 0.150. The number of aromatic nitrogens is 1. The van der Waals surface area contributed by atoms with Gasteiger partial charge in [-0.3, -0.25) is 4.57 Å². The molecule has 150 valence electrons. The van der Waals surface area contributed by atoms with Crippen LogP contribution in [0.3, 0.4) is 0 Å². The molecule has 0 fully saturated rings. The van der Waals surface area contributed by atoms with Crippen molar-refractivity contribution in [1.82, 2.24) is 9.29 Å². The van der Waals surface area contributed by atoms with Crippen LogP contribution in [-0.2, 0) is 17.1 Å². The predicted octanol–water partition coefficient (Wildman–Crippen LogP) is 2.87. The zero-order valence-corrected chi connectivity index (χ0v) is 17.0. The molecular weight excluding hydrogens is 412 g/mol. The number of benzene rings is 2. The largest absolute Gasteiger partial charge is 0.419 e. The Morgan fingerprint density at radius 2 is 1.93 bits per heavy atom. The average Bonchev–Trinajstić information content (AvgIpc) is 3.35. The summed E-state index contributed by atoms with van der Waals surface area (Å²) in [7, 11) is -2.37. The molecule has 4 rings (SSSR count). The maximum Gasteiger partial charge on any atom is 0.419 e. The SMILES string of the molecule is Cn1c(=O)oc2ccc(S(=O)(=O)NCC(O)c3ccc(-c4cccs4)cc3)cc21. The number of rotatable bonds is 6. The van der Waals surface area contributed by atoms with E-state index in [0.717, 1.165) is 10.4 Å². The van der Waals surface area contributed by atoms with Crippen LogP contribution in [0.1, 0.15) is 11.7 Å². The van der Waals surface area contributed by atoms with Crippen molar-refractivity contribution in [2.24, 2.45) is 7.05 Å². The van der Waals surface area contributed by atoms with Crippen LogP contribution in [-0.4, -0.2) is 24.6 Å². The molecular formula is C20H18N2O5S2. The second-order valence-corrected chi connectivity index (χ2v) is 9.24. The quantitative estimate of drug-likeness (QED) is 0.490. The fourth-order valence-corrected chi connectivity index (χ4v) is 4.77. The summed E-state index contributed by atoms with van der Waals surface area (Å²) in [6.07, 6.45) is -0.996. The molecule has 0 saturated heterocycles. The van der Waals surface area contributed by atoms with Crippen LogP contribution < -0.4 is 10.5 Å². The number of aliphatic hydroxyl groups is 1. The highest BCUT2D eigenvalue weighted by Crippen LogP contribution is 2.26. The second kappa shape index (κ2) is 7.60. The molecule has 2 heterocycles. The van der Waals surface area contributed by atoms with Crippen molar-refractivity contribution in [3.8, 4) is 10.4 Å². The first kappa shape index (κ1) is 19.6. The average molecular weight is 431 g/mol. The number of fused-ring (bicyclic) bond motifs is 1. The number of oxazole rings is 1. The number of nitrogens with zero attached hydrogens (tertiary/aromatic N) is 1. The third kappa shape index (κ3) is 3.90. The molecule has 2 N–H and O–H groups in total. The van der Waals surface area contributed by atoms with E-state index >= 15 is 0 Å². The van der Waals surface area contributed by atoms with E-state index in [1.807, 2.05) is 29.6 Å². The van der Waals surface area contributed by atoms with Gasteiger partial charge in [0.05, 0.1) is 16.5 Å². The molecule has 29 heavy (non-hydrogen) atoms. The molecule has 1 atom stereocenters. The summed E-state index contributed by atoms with van der Waals surface area (Å²) in [5.41, 5.74) is 2.33. The third-order valence-corrected chi connectivity index (χ3v) is 6.98. The molecule has 4 aromatic rings. The van der Waals surface area contributed by atoms with Crippen LogP contribution in [0.5, 0.6) is 0 Å². The van der Waals surface area contributed by atoms with E-state index in [1.54, 1.807) is 23.5 Å². The molecule has 1 unspecified atom stereocenters. The van der Waals surface area contributed by atoms with E-state index in [4.69, 9.17) is 4.42 Å². The molecule has 0 amide bonds. The monoisotopic (exact) mass is 430 g/mol. The maximum atomic E-state index is 12.6. The Kier molecular flexibility index (Phi) is 5.13. The number of hydrogen-bond donors (Lipinski definition) is 2. The molecule has 0 aliphatic rings. The van der Waals surface area contributed by atoms with Crippen LogP contribution in [0.4, 0.5) is 0 Å². The number of aliphatic hydroxyl groups excluding tert-OH is 1. The van der Waals surface area contributed by atoms with Gasteiger partial charge in [-0.05, 0) is 40.8 Å². The van der Waals surface area contributed by atoms with E-state index < -0.39 is 21.9 Å². The van der Waals surface area contributed by atoms with Gasteiger partial charge < -0.3 is 9.52 Å². The number of thiophene rings is 1. The van der Waals surface area contributed by atoms with Gasteiger partial charge in [-0.1, -0.05) is 30.3 Å². The van der Waals surface area contributed by atoms with E-state index in [1.165, 1.54) is 29.8 Å². The van der Waals surface area contributed by atoms with E-state index in [2.05, 4.69) is 4.72 Å². The minimum atomic E-state index is -3.87. The van der Waals surface area contributed by atoms with Gasteiger partial charge in [-0.15, -0.1) is 11.3 Å². The Balaban J connectivity index is 1.48. The summed E-state index contributed by atoms with van der Waals surface area (Å²) in [5, 5.41) is 12.4. The molecule has 7 nitrogen and oxygen atoms in total. The molecule has 0 radical (unpaired) electrons. The summed E-state index contributed by atoms with van der Waals surface area (Å²) in [4.78, 5) is 12.7. The molecule has 0 bridgehead atoms. The predicted molar refractivity (Wildman–Crippen MR) is 111 cm³/mol. The van der Waals surface area contributed by atoms with Gasteiger partial charge in [0.15, 0.2) is 5.58 Å². The van der Waals surface area contributed by atoms with Crippen LogP contribution in [0, 0.1) is 0 Å². The number of nitrogens with one attached hydrogen (secondary N) is 1. The number of hydrogen-bond acceptors (Lipinski definition) is 6. The first-order valence-corrected chi connectivity index (χ1v) is 11.1. The summed E-state index contributed by atoms with van der Waals surface area (Å²) in [6, 6.07) is 15.5. The lowest BCUT2D eigenvalue weighted by atomic mass is 10.1. The Bertz CT molecular complexity index is 1300. The van der Waals surface area contributed by atoms with Crippen LogP contribution in [0.15, 0.2) is 74.1 Å². The molecule has 0 aliphatic heterocycles. The molecule has 2 aromatic carbocycles. The molecule has 0 aliphatic carbocycles. The zero-order valence-electron chi connectivity index (χ0n) is 15.4. The van der Waals surface area contributed by atoms with Crippen LogP contribution >= 0.6 is 11.3 Å². The minimum absolute atomic E-state index is 0.0124. The topological polar surface area (TPSA) is 102 Å². The van der Waals surface area contributed by atoms with Crippen molar-refractivity contribution in [1.29, 1.82) is 0 Å². The van der Waals surface area contributed by atoms with Gasteiger partial charge >= 0.3 is 5.76 Å². The smallest absolute Gasteiger partial charge is 0.408 e. The Hall–Kier alpha value is -2.72. The van der Waals surface area contributed by atoms with Crippen molar-refractivity contribution in [3.63, 3.8) is 0 Å². The highest BCUT2D eigenvalue weighted by molar-refractivity contribution is 7.89. The maximum absolute atomic E-state index is 12.6. The highest BCUT2D eigenvalue weighted by Gasteiger charge is 2.19. The first-order chi connectivity index (χ1) is 13.8. The number of aryl methyl sites for hydroxylation is 1. The van der Waals surface area contributed by atoms with Gasteiger partial charge in [0.1, 0.15) is 0 Å². The minimum Gasteiger partial charge on any atom is -0.408 e. The number of sulfonamides is 1. The van der Waals surface area contributed by atoms with Crippen molar-refractivity contribution in [2.45, 2.75) is 11.0 Å². The normalized spacial score (nSPS) is 13.0. The Morgan fingerprint density at radius 3 is 2.62 bits per heavy atom. The van der Waals surface area contributed by atoms with E-state index in [0.29, 0.717) is 16.7 Å². The fourth-order valence-electron chi connectivity index (χ4n) is 2.98. The summed E-state index contributed by atoms with van der Waals surface area (Å²) in [5.74, 6) is -0.566. The van der Waals surface area contributed by atoms with Gasteiger partial charge in [-0.25, -0.2) is 17.9 Å². The first-order valence-electron chi connectivity index (χ1n) is 8.76. The standard InChI is InChI=1S/C20H18N2O5S2/c1-22-16-11-15(8-9-18(16)27-20(22)24)29(25,26)21-12-17(23)13-4-6-14(7-5-13)19-3-2-10-28-19/h2-11,17,21,23H,12H2,1H3. The second-order valence-electron chi connectivity index (χ2n) is 6.52. The van der Waals surface area contributed by atoms with E-state index in [9.17, 15) is 18.3 Å². The summed E-state index contributed by atoms with van der Waals surface area (Å²) < 4.78 is 33.9. The van der Waals surface area contributed by atoms with Crippen LogP contribution in [0.25, 0.3) is 21.5 Å². The van der Waals surface area contributed by atoms with Crippen molar-refractivity contribution >= 4 is 32.5 Å². The lowest BCUT2D eigenvalue weighted by Crippen LogP contribution is -2.28. The zero-order chi connectivity index (χ0) is 20.6. The summed E-state index contributed by atoms with van der Waals surface area (Å²) >= 11 is 1.62. The Morgan fingerprint density at radius 1 is 1.17 bits per heavy atom. The lowest BCUT2D eigenvalue weighted by Gasteiger charge is -2.13. The van der Waals surface area contributed by atoms with Crippen molar-refractivity contribution in [3.05, 3.63) is 76.1 Å². The van der Waals surface area contributed by atoms with Gasteiger partial charge in [0, 0.05) is 18.5 Å². The van der Waals surface area contributed by atoms with E-state index in [-0.39, 0.29) is 11.4 Å². The van der Waals surface area contributed by atoms with Crippen molar-refractivity contribution in [2.75, 3.05) is 6.54 Å². The third-order valence-electron chi connectivity index (χ3n) is 4.64. The molecule has 0 saturated carbocycles. The van der Waals surface area contributed by atoms with Gasteiger partial charge in [0.25, 0.3) is 0 Å². The Labute approximate surface area is 170 Å². The van der Waals surface area contributed by atoms with Gasteiger partial charge in [0.2, 0.25) is 10.0 Å². The summed E-state index contributed by atoms with van der Waals surface area (Å²) in [6.45, 7) is -0.178. The van der Waals surface area contributed by atoms with Crippen LogP contribution in [0.2, 0.25) is 0 Å². The van der Waals surface area contributed by atoms with Gasteiger partial charge in [-0.2, -0.15) is 0 Å². The molecule has 2 aromatic heterocycles. The molecule has 9 heteroatoms. The lowest BCUT2D eigenvalue weighted by molar-refractivity contribution is 0.182. The highest BCUT2D eigenvalue weighted by atomic mass is 32.2. The molecule has 0 spiro atoms. The van der Waals surface area contributed by atoms with Crippen molar-refractivity contribution < 1.29 is 17.9 Å².